The Bertz CT molecular complexity index is 2170. The van der Waals surface area contributed by atoms with Crippen molar-refractivity contribution in [2.45, 2.75) is 246 Å². The van der Waals surface area contributed by atoms with Crippen LogP contribution in [-0.4, -0.2) is 44.3 Å². The number of allylic oxidation sites excluding steroid dienone is 37. The zero-order chi connectivity index (χ0) is 65.2. The smallest absolute Gasteiger partial charge is 0.307 e. The second-order valence-corrected chi connectivity index (χ2v) is 20.3. The van der Waals surface area contributed by atoms with Crippen molar-refractivity contribution in [3.63, 3.8) is 0 Å². The van der Waals surface area contributed by atoms with Crippen LogP contribution in [-0.2, 0) is 19.2 Å². The summed E-state index contributed by atoms with van der Waals surface area (Å²) in [6.45, 7) is 8.58. The number of hydrogen-bond acceptors (Lipinski definition) is 4. The second kappa shape index (κ2) is 84.1. The molecule has 0 heterocycles. The first-order chi connectivity index (χ1) is 43.1. The van der Waals surface area contributed by atoms with Crippen LogP contribution in [0.2, 0.25) is 0 Å². The number of hydrogen-bond donors (Lipinski definition) is 4. The molecule has 0 rings (SSSR count). The summed E-state index contributed by atoms with van der Waals surface area (Å²) in [4.78, 5) is 41.2. The number of carboxylic acid groups (broad SMARTS) is 4. The van der Waals surface area contributed by atoms with Crippen LogP contribution < -0.4 is 0 Å². The van der Waals surface area contributed by atoms with Crippen LogP contribution in [0, 0.1) is 0 Å². The summed E-state index contributed by atoms with van der Waals surface area (Å²) in [5.41, 5.74) is 0. The Morgan fingerprint density at radius 1 is 0.193 bits per heavy atom. The van der Waals surface area contributed by atoms with Crippen molar-refractivity contribution in [2.24, 2.45) is 0 Å². The maximum Gasteiger partial charge on any atom is 0.307 e. The van der Waals surface area contributed by atoms with Crippen molar-refractivity contribution in [1.29, 1.82) is 0 Å². The van der Waals surface area contributed by atoms with Crippen LogP contribution in [0.3, 0.4) is 0 Å². The molecular weight excluding hydrogens is 1090 g/mol. The monoisotopic (exact) mass is 1210 g/mol. The number of carboxylic acids is 4. The lowest BCUT2D eigenvalue weighted by Crippen LogP contribution is -1.93. The largest absolute Gasteiger partial charge is 0.481 e. The maximum atomic E-state index is 10.3. The highest BCUT2D eigenvalue weighted by molar-refractivity contribution is 5.68. The SMILES string of the molecule is CC/C=C\C/C=C\C/C=C\C/C=C\C/C=C\C/C=C\CC(=O)O.CC/C=C\C/C=C\C/C=C\C/C=C\C/C=C\CCCC(=O)O.CC/C=C\C/C=C\C/C=C\C/C=C\C/C=C\CCCCC(=O)O.CC/C=C\C/C=C\C/C=C\CCCCCCCC(=O)O. The standard InChI is InChI=1S/C21H32O2.C21H30O2.C20H30O2.C18H30O2/c2*1-2-3-4-5-6-7-8-9-10-11-12-13-14-15-16-17-18-19-20-21(22)23;1-2-3-4-5-6-7-8-9-10-11-12-13-14-15-16-17-18-19-20(21)22;1-2-3-4-5-6-7-8-9-10-11-12-13-14-15-16-17-18(19)20/h3-4,6-7,9-10,12-13,15-16H,2,5,8,11,14,17-20H2,1H3,(H,22,23);3-4,6-7,9-10,12-13,15-16,18-19H,2,5,8,11,14,17,20H2,1H3,(H,22,23);3-4,6-7,9-10,12-13,15-16H,2,5,8,11,14,17-19H2,1H3,(H,21,22);3-4,6-7,9-10H,2,5,8,11-17H2,1H3,(H,19,20)/b4-3-,7-6-,10-9-,13-12-,16-15-;4-3-,7-6-,10-9-,13-12-,16-15-,19-18-;4-3-,7-6-,10-9-,13-12-,16-15-;4-3-,7-6-,10-9-. The fourth-order valence-electron chi connectivity index (χ4n) is 7.25. The fraction of sp³-hybridized carbons (Fsp3) is 0.475. The molecule has 4 N–H and O–H groups in total. The number of aliphatic carboxylic acids is 4. The van der Waals surface area contributed by atoms with Gasteiger partial charge < -0.3 is 20.4 Å². The third kappa shape index (κ3) is 101. The van der Waals surface area contributed by atoms with Crippen molar-refractivity contribution in [1.82, 2.24) is 0 Å². The minimum atomic E-state index is -0.787. The summed E-state index contributed by atoms with van der Waals surface area (Å²) in [7, 11) is 0. The van der Waals surface area contributed by atoms with Gasteiger partial charge in [-0.15, -0.1) is 0 Å². The Morgan fingerprint density at radius 2 is 0.364 bits per heavy atom. The van der Waals surface area contributed by atoms with E-state index >= 15 is 0 Å². The van der Waals surface area contributed by atoms with Gasteiger partial charge in [0.2, 0.25) is 0 Å². The average Bonchev–Trinajstić information content (AvgIpc) is 3.50. The summed E-state index contributed by atoms with van der Waals surface area (Å²) in [5.74, 6) is -2.88. The number of unbranched alkanes of at least 4 members (excludes halogenated alkanes) is 8. The number of carbonyl (C=O) groups is 4. The zero-order valence-electron chi connectivity index (χ0n) is 55.4. The third-order valence-corrected chi connectivity index (χ3v) is 12.0. The molecule has 0 unspecified atom stereocenters. The Hall–Kier alpha value is -7.06. The maximum absolute atomic E-state index is 10.3. The van der Waals surface area contributed by atoms with E-state index < -0.39 is 23.9 Å². The van der Waals surface area contributed by atoms with Crippen molar-refractivity contribution in [3.05, 3.63) is 231 Å². The van der Waals surface area contributed by atoms with Crippen LogP contribution in [0.4, 0.5) is 0 Å². The molecule has 0 spiro atoms. The molecule has 0 amide bonds. The predicted octanol–water partition coefficient (Wildman–Crippen LogP) is 24.2. The molecule has 0 radical (unpaired) electrons. The highest BCUT2D eigenvalue weighted by Gasteiger charge is 1.97. The van der Waals surface area contributed by atoms with E-state index in [0.717, 1.165) is 180 Å². The van der Waals surface area contributed by atoms with Gasteiger partial charge in [0.15, 0.2) is 0 Å². The highest BCUT2D eigenvalue weighted by Crippen LogP contribution is 2.09. The normalized spacial score (nSPS) is 12.7. The first kappa shape index (κ1) is 87.4. The van der Waals surface area contributed by atoms with E-state index in [2.05, 4.69) is 246 Å². The summed E-state index contributed by atoms with van der Waals surface area (Å²) in [5, 5.41) is 34.0. The van der Waals surface area contributed by atoms with Crippen LogP contribution in [0.5, 0.6) is 0 Å². The van der Waals surface area contributed by atoms with E-state index in [1.54, 1.807) is 6.08 Å². The van der Waals surface area contributed by atoms with Crippen LogP contribution in [0.1, 0.15) is 246 Å². The van der Waals surface area contributed by atoms with Gasteiger partial charge in [0.05, 0.1) is 6.42 Å². The van der Waals surface area contributed by atoms with Crippen LogP contribution in [0.15, 0.2) is 231 Å². The molecule has 0 aliphatic carbocycles. The van der Waals surface area contributed by atoms with E-state index in [4.69, 9.17) is 20.4 Å². The predicted molar refractivity (Wildman–Crippen MR) is 384 cm³/mol. The minimum Gasteiger partial charge on any atom is -0.481 e. The summed E-state index contributed by atoms with van der Waals surface area (Å²) in [6, 6.07) is 0. The zero-order valence-corrected chi connectivity index (χ0v) is 55.4. The quantitative estimate of drug-likeness (QED) is 0.0347. The van der Waals surface area contributed by atoms with Crippen molar-refractivity contribution in [3.8, 4) is 0 Å². The third-order valence-electron chi connectivity index (χ3n) is 12.0. The Morgan fingerprint density at radius 3 is 0.602 bits per heavy atom. The molecule has 0 atom stereocenters. The van der Waals surface area contributed by atoms with Crippen LogP contribution in [0.25, 0.3) is 0 Å². The van der Waals surface area contributed by atoms with E-state index in [0.29, 0.717) is 6.42 Å². The van der Waals surface area contributed by atoms with E-state index in [-0.39, 0.29) is 19.3 Å². The Balaban J connectivity index is -0.000000535. The average molecular weight is 1210 g/mol. The molecule has 88 heavy (non-hydrogen) atoms. The van der Waals surface area contributed by atoms with Gasteiger partial charge in [0.25, 0.3) is 0 Å². The van der Waals surface area contributed by atoms with Crippen molar-refractivity contribution in [2.75, 3.05) is 0 Å². The van der Waals surface area contributed by atoms with Gasteiger partial charge in [-0.1, -0.05) is 278 Å². The van der Waals surface area contributed by atoms with Crippen molar-refractivity contribution >= 4 is 23.9 Å². The van der Waals surface area contributed by atoms with Gasteiger partial charge in [-0.3, -0.25) is 19.2 Å². The summed E-state index contributed by atoms with van der Waals surface area (Å²) < 4.78 is 0. The molecule has 0 saturated heterocycles. The lowest BCUT2D eigenvalue weighted by atomic mass is 10.1. The molecule has 0 aromatic heterocycles. The Kier molecular flexibility index (Phi) is 83.6. The molecule has 8 nitrogen and oxygen atoms in total. The molecule has 490 valence electrons. The highest BCUT2D eigenvalue weighted by atomic mass is 16.4. The summed E-state index contributed by atoms with van der Waals surface area (Å²) in [6.07, 6.45) is 113. The first-order valence-electron chi connectivity index (χ1n) is 33.3. The van der Waals surface area contributed by atoms with Gasteiger partial charge in [-0.2, -0.15) is 0 Å². The van der Waals surface area contributed by atoms with Gasteiger partial charge in [0.1, 0.15) is 0 Å². The van der Waals surface area contributed by atoms with Gasteiger partial charge >= 0.3 is 23.9 Å². The molecule has 8 heteroatoms. The second-order valence-electron chi connectivity index (χ2n) is 20.3. The fourth-order valence-corrected chi connectivity index (χ4v) is 7.25. The molecule has 0 aromatic rings. The number of rotatable bonds is 53. The molecule has 0 bridgehead atoms. The van der Waals surface area contributed by atoms with Crippen molar-refractivity contribution < 1.29 is 39.6 Å². The van der Waals surface area contributed by atoms with Crippen LogP contribution >= 0.6 is 0 Å². The minimum absolute atomic E-state index is 0.102. The van der Waals surface area contributed by atoms with E-state index in [1.165, 1.54) is 12.8 Å². The molecule has 0 aromatic carbocycles. The van der Waals surface area contributed by atoms with Gasteiger partial charge in [-0.25, -0.2) is 0 Å². The molecule has 0 aliphatic heterocycles. The topological polar surface area (TPSA) is 149 Å². The lowest BCUT2D eigenvalue weighted by Gasteiger charge is -1.98. The molecule has 0 fully saturated rings. The molecule has 0 aliphatic rings. The van der Waals surface area contributed by atoms with E-state index in [9.17, 15) is 19.2 Å². The van der Waals surface area contributed by atoms with Gasteiger partial charge in [-0.05, 0) is 173 Å². The lowest BCUT2D eigenvalue weighted by molar-refractivity contribution is -0.138. The molecule has 0 saturated carbocycles. The van der Waals surface area contributed by atoms with Gasteiger partial charge in [0, 0.05) is 19.3 Å². The van der Waals surface area contributed by atoms with E-state index in [1.807, 2.05) is 6.08 Å². The Labute approximate surface area is 537 Å². The summed E-state index contributed by atoms with van der Waals surface area (Å²) >= 11 is 0. The first-order valence-corrected chi connectivity index (χ1v) is 33.3. The molecular formula is C80H122O8.